The fraction of sp³-hybridized carbons (Fsp3) is 0.615. The normalized spacial score (nSPS) is 21.1. The van der Waals surface area contributed by atoms with Crippen molar-refractivity contribution in [3.63, 3.8) is 0 Å². The van der Waals surface area contributed by atoms with E-state index < -0.39 is 5.97 Å². The third-order valence-electron chi connectivity index (χ3n) is 6.89. The van der Waals surface area contributed by atoms with E-state index in [0.717, 1.165) is 18.4 Å². The highest BCUT2D eigenvalue weighted by Crippen LogP contribution is 2.36. The standard InChI is InChI=1S/C26H36N2O6/c1-31-14-15-32-12-5-13-33-26(30)23-17-19-16-20(8-9-22(19)34-23)28-25(29)24-21(10-11-27-24)18-6-3-2-4-7-18/h8-9,16-18,21,24,27H,2-7,10-15H2,1H3,(H,28,29)/t21-,24+/m0/s1. The number of ether oxygens (including phenoxy) is 3. The number of nitrogens with one attached hydrogen (secondary N) is 2. The first-order valence-corrected chi connectivity index (χ1v) is 12.5. The van der Waals surface area contributed by atoms with Crippen LogP contribution in [-0.2, 0) is 19.0 Å². The molecule has 1 saturated carbocycles. The van der Waals surface area contributed by atoms with Gasteiger partial charge in [-0.1, -0.05) is 32.1 Å². The van der Waals surface area contributed by atoms with Gasteiger partial charge in [-0.15, -0.1) is 0 Å². The molecule has 0 bridgehead atoms. The van der Waals surface area contributed by atoms with E-state index in [1.54, 1.807) is 25.3 Å². The van der Waals surface area contributed by atoms with Gasteiger partial charge < -0.3 is 29.3 Å². The molecular weight excluding hydrogens is 436 g/mol. The molecule has 1 aliphatic carbocycles. The van der Waals surface area contributed by atoms with Crippen molar-refractivity contribution in [2.45, 2.75) is 51.0 Å². The first-order valence-electron chi connectivity index (χ1n) is 12.5. The highest BCUT2D eigenvalue weighted by atomic mass is 16.5. The fourth-order valence-electron chi connectivity index (χ4n) is 5.16. The zero-order chi connectivity index (χ0) is 23.8. The minimum Gasteiger partial charge on any atom is -0.460 e. The van der Waals surface area contributed by atoms with Gasteiger partial charge in [0.25, 0.3) is 0 Å². The number of hydrogen-bond donors (Lipinski definition) is 2. The second kappa shape index (κ2) is 12.3. The molecule has 2 aromatic rings. The van der Waals surface area contributed by atoms with Gasteiger partial charge in [-0.2, -0.15) is 0 Å². The first-order chi connectivity index (χ1) is 16.7. The predicted molar refractivity (Wildman–Crippen MR) is 129 cm³/mol. The summed E-state index contributed by atoms with van der Waals surface area (Å²) in [6.07, 6.45) is 8.00. The molecular formula is C26H36N2O6. The van der Waals surface area contributed by atoms with Crippen LogP contribution in [0.25, 0.3) is 11.0 Å². The van der Waals surface area contributed by atoms with Crippen molar-refractivity contribution in [2.75, 3.05) is 45.4 Å². The summed E-state index contributed by atoms with van der Waals surface area (Å²) in [6.45, 7) is 2.70. The number of fused-ring (bicyclic) bond motifs is 1. The Morgan fingerprint density at radius 2 is 1.91 bits per heavy atom. The van der Waals surface area contributed by atoms with Gasteiger partial charge in [0, 0.05) is 31.2 Å². The number of carbonyl (C=O) groups excluding carboxylic acids is 2. The number of furan rings is 1. The second-order valence-corrected chi connectivity index (χ2v) is 9.23. The van der Waals surface area contributed by atoms with Crippen LogP contribution in [0.5, 0.6) is 0 Å². The van der Waals surface area contributed by atoms with Crippen LogP contribution >= 0.6 is 0 Å². The number of rotatable bonds is 11. The van der Waals surface area contributed by atoms with Crippen LogP contribution < -0.4 is 10.6 Å². The summed E-state index contributed by atoms with van der Waals surface area (Å²) in [4.78, 5) is 25.4. The lowest BCUT2D eigenvalue weighted by atomic mass is 9.76. The number of anilines is 1. The Kier molecular flexibility index (Phi) is 8.96. The predicted octanol–water partition coefficient (Wildman–Crippen LogP) is 4.14. The van der Waals surface area contributed by atoms with E-state index in [1.807, 2.05) is 6.07 Å². The van der Waals surface area contributed by atoms with Crippen molar-refractivity contribution >= 4 is 28.5 Å². The highest BCUT2D eigenvalue weighted by molar-refractivity contribution is 5.98. The minimum absolute atomic E-state index is 0.0169. The van der Waals surface area contributed by atoms with Gasteiger partial charge in [0.1, 0.15) is 5.58 Å². The molecule has 1 saturated heterocycles. The number of carbonyl (C=O) groups is 2. The van der Waals surface area contributed by atoms with E-state index in [9.17, 15) is 9.59 Å². The Morgan fingerprint density at radius 1 is 1.06 bits per heavy atom. The summed E-state index contributed by atoms with van der Waals surface area (Å²) < 4.78 is 21.2. The zero-order valence-corrected chi connectivity index (χ0v) is 20.0. The van der Waals surface area contributed by atoms with Crippen LogP contribution in [0.4, 0.5) is 5.69 Å². The van der Waals surface area contributed by atoms with Gasteiger partial charge in [0.05, 0.1) is 25.9 Å². The molecule has 186 valence electrons. The van der Waals surface area contributed by atoms with Crippen molar-refractivity contribution in [3.8, 4) is 0 Å². The van der Waals surface area contributed by atoms with Crippen molar-refractivity contribution in [2.24, 2.45) is 11.8 Å². The molecule has 2 heterocycles. The number of benzene rings is 1. The van der Waals surface area contributed by atoms with Crippen molar-refractivity contribution in [1.82, 2.24) is 5.32 Å². The molecule has 2 atom stereocenters. The van der Waals surface area contributed by atoms with Crippen molar-refractivity contribution < 1.29 is 28.2 Å². The molecule has 1 aromatic heterocycles. The molecule has 2 fully saturated rings. The lowest BCUT2D eigenvalue weighted by Gasteiger charge is -2.30. The Morgan fingerprint density at radius 3 is 2.74 bits per heavy atom. The van der Waals surface area contributed by atoms with Crippen LogP contribution in [0, 0.1) is 11.8 Å². The number of methoxy groups -OCH3 is 1. The molecule has 34 heavy (non-hydrogen) atoms. The molecule has 2 N–H and O–H groups in total. The van der Waals surface area contributed by atoms with Crippen LogP contribution in [0.1, 0.15) is 55.5 Å². The first kappa shape index (κ1) is 24.7. The SMILES string of the molecule is COCCOCCCOC(=O)c1cc2cc(NC(=O)[C@@H]3NCC[C@H]3C3CCCCC3)ccc2o1. The Hall–Kier alpha value is -2.42. The topological polar surface area (TPSA) is 99.0 Å². The van der Waals surface area contributed by atoms with Gasteiger partial charge in [-0.05, 0) is 49.1 Å². The molecule has 1 amide bonds. The number of amides is 1. The van der Waals surface area contributed by atoms with Crippen molar-refractivity contribution in [3.05, 3.63) is 30.0 Å². The molecule has 4 rings (SSSR count). The lowest BCUT2D eigenvalue weighted by molar-refractivity contribution is -0.119. The lowest BCUT2D eigenvalue weighted by Crippen LogP contribution is -2.42. The van der Waals surface area contributed by atoms with E-state index in [1.165, 1.54) is 32.1 Å². The smallest absolute Gasteiger partial charge is 0.374 e. The summed E-state index contributed by atoms with van der Waals surface area (Å²) in [7, 11) is 1.62. The fourth-order valence-corrected chi connectivity index (χ4v) is 5.16. The maximum atomic E-state index is 13.1. The van der Waals surface area contributed by atoms with Crippen molar-refractivity contribution in [1.29, 1.82) is 0 Å². The Bertz CT molecular complexity index is 952. The Balaban J connectivity index is 1.30. The van der Waals surface area contributed by atoms with Gasteiger partial charge in [0.15, 0.2) is 0 Å². The van der Waals surface area contributed by atoms with E-state index in [-0.39, 0.29) is 24.3 Å². The van der Waals surface area contributed by atoms with Gasteiger partial charge >= 0.3 is 5.97 Å². The van der Waals surface area contributed by atoms with Crippen LogP contribution in [0.15, 0.2) is 28.7 Å². The molecule has 2 aliphatic rings. The van der Waals surface area contributed by atoms with Crippen LogP contribution in [0.2, 0.25) is 0 Å². The van der Waals surface area contributed by atoms with E-state index in [4.69, 9.17) is 18.6 Å². The van der Waals surface area contributed by atoms with Gasteiger partial charge in [-0.25, -0.2) is 4.79 Å². The van der Waals surface area contributed by atoms with E-state index >= 15 is 0 Å². The molecule has 8 heteroatoms. The molecule has 0 spiro atoms. The number of esters is 1. The third kappa shape index (κ3) is 6.37. The summed E-state index contributed by atoms with van der Waals surface area (Å²) in [5, 5.41) is 7.22. The maximum Gasteiger partial charge on any atom is 0.374 e. The average Bonchev–Trinajstić information content (AvgIpc) is 3.51. The Labute approximate surface area is 200 Å². The second-order valence-electron chi connectivity index (χ2n) is 9.23. The third-order valence-corrected chi connectivity index (χ3v) is 6.89. The van der Waals surface area contributed by atoms with E-state index in [2.05, 4.69) is 10.6 Å². The van der Waals surface area contributed by atoms with Crippen LogP contribution in [0.3, 0.4) is 0 Å². The molecule has 8 nitrogen and oxygen atoms in total. The van der Waals surface area contributed by atoms with Crippen LogP contribution in [-0.4, -0.2) is 58.0 Å². The van der Waals surface area contributed by atoms with E-state index in [0.29, 0.717) is 49.3 Å². The average molecular weight is 473 g/mol. The summed E-state index contributed by atoms with van der Waals surface area (Å²) >= 11 is 0. The molecule has 1 aromatic carbocycles. The molecule has 0 unspecified atom stereocenters. The molecule has 0 radical (unpaired) electrons. The zero-order valence-electron chi connectivity index (χ0n) is 20.0. The largest absolute Gasteiger partial charge is 0.460 e. The summed E-state index contributed by atoms with van der Waals surface area (Å²) in [5.74, 6) is 0.701. The molecule has 1 aliphatic heterocycles. The van der Waals surface area contributed by atoms with Gasteiger partial charge in [0.2, 0.25) is 11.7 Å². The number of hydrogen-bond acceptors (Lipinski definition) is 7. The summed E-state index contributed by atoms with van der Waals surface area (Å²) in [6, 6.07) is 6.92. The minimum atomic E-state index is -0.510. The highest BCUT2D eigenvalue weighted by Gasteiger charge is 2.38. The monoisotopic (exact) mass is 472 g/mol. The summed E-state index contributed by atoms with van der Waals surface area (Å²) in [5.41, 5.74) is 1.27. The quantitative estimate of drug-likeness (QED) is 0.375. The maximum absolute atomic E-state index is 13.1. The van der Waals surface area contributed by atoms with Gasteiger partial charge in [-0.3, -0.25) is 4.79 Å².